The Hall–Kier alpha value is -1.36. The van der Waals surface area contributed by atoms with E-state index in [0.29, 0.717) is 10.8 Å². The lowest BCUT2D eigenvalue weighted by molar-refractivity contribution is 0.0702. The molecule has 1 amide bonds. The van der Waals surface area contributed by atoms with Crippen LogP contribution in [0.3, 0.4) is 0 Å². The van der Waals surface area contributed by atoms with Gasteiger partial charge < -0.3 is 10.4 Å². The summed E-state index contributed by atoms with van der Waals surface area (Å²) in [7, 11) is 0. The summed E-state index contributed by atoms with van der Waals surface area (Å²) < 4.78 is 0. The van der Waals surface area contributed by atoms with E-state index in [4.69, 9.17) is 5.11 Å². The normalized spacial score (nSPS) is 18.6. The van der Waals surface area contributed by atoms with Crippen molar-refractivity contribution in [3.63, 3.8) is 0 Å². The Morgan fingerprint density at radius 1 is 1.21 bits per heavy atom. The fourth-order valence-corrected chi connectivity index (χ4v) is 3.40. The minimum absolute atomic E-state index is 0.135. The van der Waals surface area contributed by atoms with Gasteiger partial charge in [0, 0.05) is 6.54 Å². The zero-order valence-corrected chi connectivity index (χ0v) is 11.4. The van der Waals surface area contributed by atoms with Gasteiger partial charge in [0.2, 0.25) is 0 Å². The summed E-state index contributed by atoms with van der Waals surface area (Å²) >= 11 is 1.04. The van der Waals surface area contributed by atoms with Crippen molar-refractivity contribution >= 4 is 23.2 Å². The van der Waals surface area contributed by atoms with Crippen LogP contribution in [0.15, 0.2) is 12.1 Å². The molecule has 0 aliphatic heterocycles. The van der Waals surface area contributed by atoms with Crippen molar-refractivity contribution in [3.8, 4) is 0 Å². The van der Waals surface area contributed by atoms with Crippen LogP contribution >= 0.6 is 11.3 Å². The smallest absolute Gasteiger partial charge is 0.345 e. The molecule has 1 aromatic rings. The third kappa shape index (κ3) is 2.97. The fourth-order valence-electron chi connectivity index (χ4n) is 2.64. The Kier molecular flexibility index (Phi) is 3.31. The predicted molar refractivity (Wildman–Crippen MR) is 72.5 cm³/mol. The monoisotopic (exact) mass is 279 g/mol. The molecule has 19 heavy (non-hydrogen) atoms. The number of aromatic carboxylic acids is 1. The Balaban J connectivity index is 1.56. The summed E-state index contributed by atoms with van der Waals surface area (Å²) in [4.78, 5) is 23.5. The number of hydrogen-bond acceptors (Lipinski definition) is 3. The van der Waals surface area contributed by atoms with Crippen LogP contribution in [0.4, 0.5) is 0 Å². The molecule has 2 saturated carbocycles. The van der Waals surface area contributed by atoms with Gasteiger partial charge in [-0.15, -0.1) is 11.3 Å². The summed E-state index contributed by atoms with van der Waals surface area (Å²) in [6.07, 6.45) is 5.22. The van der Waals surface area contributed by atoms with E-state index in [0.717, 1.165) is 29.7 Å². The zero-order chi connectivity index (χ0) is 13.4. The number of hydrogen-bond donors (Lipinski definition) is 2. The van der Waals surface area contributed by atoms with Gasteiger partial charge in [0.1, 0.15) is 4.88 Å². The number of carboxylic acid groups (broad SMARTS) is 1. The minimum atomic E-state index is -0.974. The van der Waals surface area contributed by atoms with E-state index in [2.05, 4.69) is 5.32 Å². The number of carbonyl (C=O) groups excluding carboxylic acids is 1. The van der Waals surface area contributed by atoms with Gasteiger partial charge in [-0.3, -0.25) is 4.79 Å². The van der Waals surface area contributed by atoms with Gasteiger partial charge >= 0.3 is 5.97 Å². The second-order valence-corrected chi connectivity index (χ2v) is 6.60. The van der Waals surface area contributed by atoms with Crippen LogP contribution in [-0.4, -0.2) is 23.5 Å². The lowest BCUT2D eigenvalue weighted by atomic mass is 9.98. The van der Waals surface area contributed by atoms with Crippen molar-refractivity contribution < 1.29 is 14.7 Å². The Labute approximate surface area is 115 Å². The number of carbonyl (C=O) groups is 2. The Morgan fingerprint density at radius 2 is 1.79 bits per heavy atom. The van der Waals surface area contributed by atoms with Crippen LogP contribution in [0.1, 0.15) is 45.0 Å². The first-order valence-corrected chi connectivity index (χ1v) is 7.58. The first-order valence-electron chi connectivity index (χ1n) is 6.76. The molecule has 0 atom stereocenters. The van der Waals surface area contributed by atoms with Crippen molar-refractivity contribution in [1.29, 1.82) is 0 Å². The van der Waals surface area contributed by atoms with Crippen molar-refractivity contribution in [2.24, 2.45) is 17.8 Å². The van der Waals surface area contributed by atoms with Crippen molar-refractivity contribution in [1.82, 2.24) is 5.32 Å². The number of nitrogens with one attached hydrogen (secondary N) is 1. The van der Waals surface area contributed by atoms with E-state index in [1.165, 1.54) is 31.7 Å². The highest BCUT2D eigenvalue weighted by Gasteiger charge is 2.41. The van der Waals surface area contributed by atoms with E-state index < -0.39 is 5.97 Å². The number of thiophene rings is 1. The molecule has 0 radical (unpaired) electrons. The third-order valence-electron chi connectivity index (χ3n) is 3.99. The van der Waals surface area contributed by atoms with Crippen LogP contribution in [0, 0.1) is 17.8 Å². The molecule has 1 aromatic heterocycles. The molecular formula is C14H17NO3S. The molecule has 1 heterocycles. The van der Waals surface area contributed by atoms with Crippen LogP contribution < -0.4 is 5.32 Å². The van der Waals surface area contributed by atoms with Crippen molar-refractivity contribution in [2.75, 3.05) is 6.54 Å². The van der Waals surface area contributed by atoms with Crippen LogP contribution in [0.2, 0.25) is 0 Å². The highest BCUT2D eigenvalue weighted by Crippen LogP contribution is 2.48. The minimum Gasteiger partial charge on any atom is -0.477 e. The van der Waals surface area contributed by atoms with Gasteiger partial charge in [0.15, 0.2) is 0 Å². The van der Waals surface area contributed by atoms with Crippen LogP contribution in [0.5, 0.6) is 0 Å². The molecule has 0 unspecified atom stereocenters. The Bertz CT molecular complexity index is 491. The molecule has 2 aliphatic rings. The van der Waals surface area contributed by atoms with Gasteiger partial charge in [0.25, 0.3) is 5.91 Å². The van der Waals surface area contributed by atoms with Gasteiger partial charge in [-0.1, -0.05) is 0 Å². The van der Waals surface area contributed by atoms with Gasteiger partial charge in [-0.2, -0.15) is 0 Å². The van der Waals surface area contributed by atoms with Crippen LogP contribution in [-0.2, 0) is 0 Å². The summed E-state index contributed by atoms with van der Waals surface area (Å²) in [5, 5.41) is 11.8. The van der Waals surface area contributed by atoms with E-state index in [-0.39, 0.29) is 10.8 Å². The van der Waals surface area contributed by atoms with E-state index in [1.807, 2.05) is 0 Å². The lowest BCUT2D eigenvalue weighted by Gasteiger charge is -2.15. The van der Waals surface area contributed by atoms with Gasteiger partial charge in [-0.25, -0.2) is 4.79 Å². The summed E-state index contributed by atoms with van der Waals surface area (Å²) in [5.74, 6) is 1.15. The van der Waals surface area contributed by atoms with Crippen LogP contribution in [0.25, 0.3) is 0 Å². The number of carboxylic acids is 1. The highest BCUT2D eigenvalue weighted by atomic mass is 32.1. The fraction of sp³-hybridized carbons (Fsp3) is 0.571. The molecule has 2 N–H and O–H groups in total. The standard InChI is InChI=1S/C14H17NO3S/c16-13(11-5-6-12(19-11)14(17)18)15-7-10(8-1-2-8)9-3-4-9/h5-6,8-10H,1-4,7H2,(H,15,16)(H,17,18). The molecule has 102 valence electrons. The average molecular weight is 279 g/mol. The zero-order valence-electron chi connectivity index (χ0n) is 10.6. The van der Waals surface area contributed by atoms with E-state index in [9.17, 15) is 9.59 Å². The summed E-state index contributed by atoms with van der Waals surface area (Å²) in [6.45, 7) is 0.745. The van der Waals surface area contributed by atoms with E-state index in [1.54, 1.807) is 6.07 Å². The maximum atomic E-state index is 12.0. The van der Waals surface area contributed by atoms with Crippen molar-refractivity contribution in [3.05, 3.63) is 21.9 Å². The quantitative estimate of drug-likeness (QED) is 0.841. The summed E-state index contributed by atoms with van der Waals surface area (Å²) in [5.41, 5.74) is 0. The SMILES string of the molecule is O=C(O)c1ccc(C(=O)NCC(C2CC2)C2CC2)s1. The van der Waals surface area contributed by atoms with Gasteiger partial charge in [-0.05, 0) is 55.6 Å². The maximum absolute atomic E-state index is 12.0. The molecule has 5 heteroatoms. The largest absolute Gasteiger partial charge is 0.477 e. The predicted octanol–water partition coefficient (Wildman–Crippen LogP) is 2.61. The molecule has 0 spiro atoms. The second-order valence-electron chi connectivity index (χ2n) is 5.52. The second kappa shape index (κ2) is 4.96. The Morgan fingerprint density at radius 3 is 2.26 bits per heavy atom. The first-order chi connectivity index (χ1) is 9.15. The van der Waals surface area contributed by atoms with E-state index >= 15 is 0 Å². The molecule has 2 fully saturated rings. The molecule has 3 rings (SSSR count). The summed E-state index contributed by atoms with van der Waals surface area (Å²) in [6, 6.07) is 3.08. The maximum Gasteiger partial charge on any atom is 0.345 e. The van der Waals surface area contributed by atoms with Crippen molar-refractivity contribution in [2.45, 2.75) is 25.7 Å². The number of amides is 1. The van der Waals surface area contributed by atoms with Gasteiger partial charge in [0.05, 0.1) is 4.88 Å². The molecule has 0 bridgehead atoms. The molecule has 0 aromatic carbocycles. The molecular weight excluding hydrogens is 262 g/mol. The lowest BCUT2D eigenvalue weighted by Crippen LogP contribution is -2.30. The molecule has 0 saturated heterocycles. The highest BCUT2D eigenvalue weighted by molar-refractivity contribution is 7.15. The topological polar surface area (TPSA) is 66.4 Å². The number of rotatable bonds is 6. The first kappa shape index (κ1) is 12.7. The molecule has 2 aliphatic carbocycles. The molecule has 4 nitrogen and oxygen atoms in total. The average Bonchev–Trinajstić information content (AvgIpc) is 3.30. The third-order valence-corrected chi connectivity index (χ3v) is 5.07.